The molecule has 0 fully saturated rings. The summed E-state index contributed by atoms with van der Waals surface area (Å²) in [4.78, 5) is 10.2. The Morgan fingerprint density at radius 1 is 1.56 bits per heavy atom. The Labute approximate surface area is 111 Å². The molecule has 1 aromatic carbocycles. The van der Waals surface area contributed by atoms with Crippen LogP contribution in [0.1, 0.15) is 5.69 Å². The van der Waals surface area contributed by atoms with Crippen LogP contribution in [-0.4, -0.2) is 27.0 Å². The normalized spacial score (nSPS) is 10.6. The second kappa shape index (κ2) is 5.23. The topological polar surface area (TPSA) is 85.9 Å². The lowest BCUT2D eigenvalue weighted by Crippen LogP contribution is -2.05. The summed E-state index contributed by atoms with van der Waals surface area (Å²) in [6.07, 6.45) is 1.77. The Hall–Kier alpha value is -1.80. The van der Waals surface area contributed by atoms with Crippen molar-refractivity contribution in [3.05, 3.63) is 44.7 Å². The maximum absolute atomic E-state index is 10.7. The highest BCUT2D eigenvalue weighted by atomic mass is 79.9. The van der Waals surface area contributed by atoms with E-state index >= 15 is 0 Å². The van der Waals surface area contributed by atoms with Crippen LogP contribution in [0.3, 0.4) is 0 Å². The van der Waals surface area contributed by atoms with Gasteiger partial charge >= 0.3 is 0 Å². The molecule has 2 aromatic rings. The van der Waals surface area contributed by atoms with Crippen LogP contribution < -0.4 is 5.32 Å². The van der Waals surface area contributed by atoms with Gasteiger partial charge in [0.1, 0.15) is 0 Å². The average Bonchev–Trinajstić information content (AvgIpc) is 2.77. The zero-order valence-corrected chi connectivity index (χ0v) is 11.1. The fourth-order valence-electron chi connectivity index (χ4n) is 1.47. The Morgan fingerprint density at radius 2 is 2.33 bits per heavy atom. The first kappa shape index (κ1) is 12.7. The number of halogens is 1. The highest BCUT2D eigenvalue weighted by molar-refractivity contribution is 9.10. The highest BCUT2D eigenvalue weighted by Gasteiger charge is 2.12. The van der Waals surface area contributed by atoms with Gasteiger partial charge in [-0.05, 0) is 35.1 Å². The Balaban J connectivity index is 2.33. The number of aromatic nitrogens is 3. The molecule has 0 aliphatic heterocycles. The van der Waals surface area contributed by atoms with Crippen LogP contribution in [0.25, 0.3) is 5.69 Å². The maximum Gasteiger partial charge on any atom is 0.283 e. The molecule has 94 valence electrons. The van der Waals surface area contributed by atoms with E-state index < -0.39 is 4.92 Å². The third-order valence-corrected chi connectivity index (χ3v) is 2.93. The van der Waals surface area contributed by atoms with Gasteiger partial charge in [0.15, 0.2) is 0 Å². The van der Waals surface area contributed by atoms with Crippen molar-refractivity contribution < 1.29 is 4.92 Å². The molecule has 0 spiro atoms. The van der Waals surface area contributed by atoms with Crippen LogP contribution in [0.5, 0.6) is 0 Å². The summed E-state index contributed by atoms with van der Waals surface area (Å²) in [5.41, 5.74) is 1.53. The van der Waals surface area contributed by atoms with E-state index in [-0.39, 0.29) is 5.69 Å². The van der Waals surface area contributed by atoms with Gasteiger partial charge in [-0.2, -0.15) is 0 Å². The Kier molecular flexibility index (Phi) is 3.68. The molecular formula is C10H10BrN5O2. The molecule has 18 heavy (non-hydrogen) atoms. The molecule has 0 atom stereocenters. The number of nitrogens with zero attached hydrogens (tertiary/aromatic N) is 4. The first-order valence-corrected chi connectivity index (χ1v) is 5.91. The smallest absolute Gasteiger partial charge is 0.283 e. The lowest BCUT2D eigenvalue weighted by atomic mass is 10.3. The van der Waals surface area contributed by atoms with Gasteiger partial charge in [-0.3, -0.25) is 10.1 Å². The van der Waals surface area contributed by atoms with Crippen LogP contribution in [0, 0.1) is 10.1 Å². The molecule has 0 aliphatic carbocycles. The van der Waals surface area contributed by atoms with Gasteiger partial charge in [-0.25, -0.2) is 4.68 Å². The van der Waals surface area contributed by atoms with E-state index in [1.165, 1.54) is 6.07 Å². The number of nitro groups is 1. The van der Waals surface area contributed by atoms with E-state index in [4.69, 9.17) is 0 Å². The molecular weight excluding hydrogens is 302 g/mol. The Morgan fingerprint density at radius 3 is 2.94 bits per heavy atom. The maximum atomic E-state index is 10.7. The number of nitrogens with one attached hydrogen (secondary N) is 1. The number of benzene rings is 1. The van der Waals surface area contributed by atoms with Crippen LogP contribution >= 0.6 is 15.9 Å². The van der Waals surface area contributed by atoms with Gasteiger partial charge in [0.2, 0.25) is 0 Å². The highest BCUT2D eigenvalue weighted by Crippen LogP contribution is 2.26. The number of hydrogen-bond donors (Lipinski definition) is 1. The first-order valence-electron chi connectivity index (χ1n) is 5.12. The molecule has 2 rings (SSSR count). The van der Waals surface area contributed by atoms with Crippen molar-refractivity contribution in [2.75, 3.05) is 7.05 Å². The first-order chi connectivity index (χ1) is 8.61. The lowest BCUT2D eigenvalue weighted by Gasteiger charge is -2.01. The summed E-state index contributed by atoms with van der Waals surface area (Å²) in [7, 11) is 1.82. The largest absolute Gasteiger partial charge is 0.314 e. The second-order valence-electron chi connectivity index (χ2n) is 3.58. The van der Waals surface area contributed by atoms with Crippen molar-refractivity contribution in [2.45, 2.75) is 6.54 Å². The van der Waals surface area contributed by atoms with E-state index in [9.17, 15) is 10.1 Å². The van der Waals surface area contributed by atoms with Gasteiger partial charge < -0.3 is 5.32 Å². The average molecular weight is 312 g/mol. The van der Waals surface area contributed by atoms with Crippen molar-refractivity contribution in [1.82, 2.24) is 20.3 Å². The van der Waals surface area contributed by atoms with Gasteiger partial charge in [0.05, 0.1) is 27.0 Å². The number of hydrogen-bond acceptors (Lipinski definition) is 5. The van der Waals surface area contributed by atoms with Crippen molar-refractivity contribution in [3.63, 3.8) is 0 Å². The quantitative estimate of drug-likeness (QED) is 0.685. The van der Waals surface area contributed by atoms with E-state index in [1.54, 1.807) is 23.0 Å². The van der Waals surface area contributed by atoms with Gasteiger partial charge in [-0.1, -0.05) is 5.21 Å². The molecule has 8 heteroatoms. The summed E-state index contributed by atoms with van der Waals surface area (Å²) >= 11 is 3.17. The predicted molar refractivity (Wildman–Crippen MR) is 68.5 cm³/mol. The minimum Gasteiger partial charge on any atom is -0.314 e. The summed E-state index contributed by atoms with van der Waals surface area (Å²) < 4.78 is 1.98. The molecule has 7 nitrogen and oxygen atoms in total. The molecule has 0 bridgehead atoms. The second-order valence-corrected chi connectivity index (χ2v) is 4.43. The van der Waals surface area contributed by atoms with Crippen LogP contribution in [0.15, 0.2) is 28.9 Å². The molecule has 0 saturated carbocycles. The molecule has 1 heterocycles. The van der Waals surface area contributed by atoms with Crippen LogP contribution in [0.4, 0.5) is 5.69 Å². The molecule has 0 amide bonds. The molecule has 0 saturated heterocycles. The monoisotopic (exact) mass is 311 g/mol. The zero-order chi connectivity index (χ0) is 13.1. The van der Waals surface area contributed by atoms with E-state index in [1.807, 2.05) is 7.05 Å². The number of rotatable bonds is 4. The van der Waals surface area contributed by atoms with Crippen molar-refractivity contribution in [1.29, 1.82) is 0 Å². The van der Waals surface area contributed by atoms with Gasteiger partial charge in [-0.15, -0.1) is 5.10 Å². The van der Waals surface area contributed by atoms with Gasteiger partial charge in [0, 0.05) is 12.6 Å². The lowest BCUT2D eigenvalue weighted by molar-refractivity contribution is -0.385. The fraction of sp³-hybridized carbons (Fsp3) is 0.200. The molecule has 0 radical (unpaired) electrons. The molecule has 1 aromatic heterocycles. The minimum atomic E-state index is -0.443. The Bertz CT molecular complexity index is 583. The van der Waals surface area contributed by atoms with E-state index in [2.05, 4.69) is 31.6 Å². The van der Waals surface area contributed by atoms with E-state index in [0.29, 0.717) is 16.7 Å². The van der Waals surface area contributed by atoms with Gasteiger partial charge in [0.25, 0.3) is 5.69 Å². The van der Waals surface area contributed by atoms with Crippen molar-refractivity contribution in [3.8, 4) is 5.69 Å². The fourth-order valence-corrected chi connectivity index (χ4v) is 1.98. The summed E-state index contributed by atoms with van der Waals surface area (Å²) in [5.74, 6) is 0. The standard InChI is InChI=1S/C10H10BrN5O2/c1-12-5-7-6-15(14-13-7)8-2-3-10(16(17)18)9(11)4-8/h2-4,6,12H,5H2,1H3. The molecule has 0 unspecified atom stereocenters. The molecule has 0 aliphatic rings. The number of nitro benzene ring substituents is 1. The van der Waals surface area contributed by atoms with Crippen LogP contribution in [0.2, 0.25) is 0 Å². The van der Waals surface area contributed by atoms with Crippen molar-refractivity contribution in [2.24, 2.45) is 0 Å². The summed E-state index contributed by atoms with van der Waals surface area (Å²) in [6.45, 7) is 0.619. The zero-order valence-electron chi connectivity index (χ0n) is 9.50. The third-order valence-electron chi connectivity index (χ3n) is 2.29. The molecule has 1 N–H and O–H groups in total. The van der Waals surface area contributed by atoms with Crippen LogP contribution in [-0.2, 0) is 6.54 Å². The SMILES string of the molecule is CNCc1cn(-c2ccc([N+](=O)[O-])c(Br)c2)nn1. The third kappa shape index (κ3) is 2.54. The predicted octanol–water partition coefficient (Wildman–Crippen LogP) is 1.66. The summed E-state index contributed by atoms with van der Waals surface area (Å²) in [5, 5.41) is 21.6. The minimum absolute atomic E-state index is 0.0225. The summed E-state index contributed by atoms with van der Waals surface area (Å²) in [6, 6.07) is 4.69. The van der Waals surface area contributed by atoms with E-state index in [0.717, 1.165) is 5.69 Å². The van der Waals surface area contributed by atoms with Crippen molar-refractivity contribution >= 4 is 21.6 Å².